The highest BCUT2D eigenvalue weighted by molar-refractivity contribution is 7.89. The molecule has 0 aromatic heterocycles. The highest BCUT2D eigenvalue weighted by Gasteiger charge is 2.37. The first kappa shape index (κ1) is 26.5. The minimum atomic E-state index is -4.13. The molecule has 0 fully saturated rings. The Balaban J connectivity index is 1.68. The number of carboxylic acids is 1. The Bertz CT molecular complexity index is 1370. The van der Waals surface area contributed by atoms with Crippen LogP contribution in [0.3, 0.4) is 0 Å². The molecule has 0 saturated heterocycles. The van der Waals surface area contributed by atoms with Gasteiger partial charge >= 0.3 is 5.97 Å². The number of fused-ring (bicyclic) bond motifs is 1. The van der Waals surface area contributed by atoms with Crippen molar-refractivity contribution in [2.24, 2.45) is 5.73 Å². The molecule has 0 saturated carbocycles. The van der Waals surface area contributed by atoms with Crippen LogP contribution >= 0.6 is 0 Å². The summed E-state index contributed by atoms with van der Waals surface area (Å²) in [5.74, 6) is -1.94. The van der Waals surface area contributed by atoms with Crippen molar-refractivity contribution < 1.29 is 23.1 Å². The number of amides is 1. The second-order valence-corrected chi connectivity index (χ2v) is 11.2. The molecule has 6 N–H and O–H groups in total. The standard InChI is InChI=1S/C26H31N5O5S/c1-16-8-10-31(23(11-16)26(33)34)25(32)22(13-17-3-2-4-19(12-17)24(27)28)30-37(35,36)21-6-5-18-7-9-29-15-20(18)14-21/h2-6,8,12,14,22-23,29-30H,7,9-11,13,15H2,1H3,(H3,27,28)(H,33,34)/t22-,23+/m0/s1. The topological polar surface area (TPSA) is 166 Å². The van der Waals surface area contributed by atoms with E-state index < -0.39 is 34.0 Å². The molecule has 0 radical (unpaired) electrons. The molecule has 1 amide bonds. The molecule has 0 aliphatic carbocycles. The van der Waals surface area contributed by atoms with Crippen LogP contribution in [-0.2, 0) is 39.0 Å². The number of carbonyl (C=O) groups is 2. The third-order valence-electron chi connectivity index (χ3n) is 6.74. The Kier molecular flexibility index (Phi) is 7.76. The summed E-state index contributed by atoms with van der Waals surface area (Å²) in [5, 5.41) is 20.7. The number of nitrogens with zero attached hydrogens (tertiary/aromatic N) is 1. The molecule has 4 rings (SSSR count). The largest absolute Gasteiger partial charge is 0.480 e. The number of rotatable bonds is 8. The van der Waals surface area contributed by atoms with E-state index in [9.17, 15) is 23.1 Å². The number of nitrogens with one attached hydrogen (secondary N) is 3. The number of sulfonamides is 1. The lowest BCUT2D eigenvalue weighted by atomic mass is 9.98. The second kappa shape index (κ2) is 10.8. The lowest BCUT2D eigenvalue weighted by Crippen LogP contribution is -2.55. The van der Waals surface area contributed by atoms with Gasteiger partial charge in [-0.2, -0.15) is 4.72 Å². The third kappa shape index (κ3) is 6.07. The van der Waals surface area contributed by atoms with Gasteiger partial charge in [0.2, 0.25) is 15.9 Å². The Morgan fingerprint density at radius 3 is 2.76 bits per heavy atom. The maximum absolute atomic E-state index is 13.7. The zero-order valence-corrected chi connectivity index (χ0v) is 21.3. The number of nitrogen functional groups attached to an aromatic ring is 1. The minimum Gasteiger partial charge on any atom is -0.480 e. The molecule has 2 aliphatic rings. The van der Waals surface area contributed by atoms with Crippen LogP contribution in [0.25, 0.3) is 0 Å². The van der Waals surface area contributed by atoms with Crippen LogP contribution < -0.4 is 15.8 Å². The number of carboxylic acid groups (broad SMARTS) is 1. The SMILES string of the molecule is CC1=CCN(C(=O)[C@H](Cc2cccc(C(=N)N)c2)NS(=O)(=O)c2ccc3c(c2)CNCC3)[C@@H](C(=O)O)C1. The molecule has 2 aromatic rings. The Morgan fingerprint density at radius 2 is 2.03 bits per heavy atom. The van der Waals surface area contributed by atoms with Gasteiger partial charge in [-0.3, -0.25) is 10.2 Å². The Hall–Kier alpha value is -3.54. The van der Waals surface area contributed by atoms with Crippen molar-refractivity contribution >= 4 is 27.7 Å². The Labute approximate surface area is 216 Å². The van der Waals surface area contributed by atoms with Gasteiger partial charge in [0.25, 0.3) is 0 Å². The number of aliphatic carboxylic acids is 1. The molecular formula is C26H31N5O5S. The van der Waals surface area contributed by atoms with E-state index in [1.54, 1.807) is 49.4 Å². The van der Waals surface area contributed by atoms with Crippen molar-refractivity contribution in [3.63, 3.8) is 0 Å². The first-order valence-corrected chi connectivity index (χ1v) is 13.5. The molecule has 2 aromatic carbocycles. The van der Waals surface area contributed by atoms with E-state index in [1.807, 2.05) is 0 Å². The van der Waals surface area contributed by atoms with Gasteiger partial charge in [-0.25, -0.2) is 13.2 Å². The molecule has 11 heteroatoms. The van der Waals surface area contributed by atoms with Crippen molar-refractivity contribution in [3.05, 3.63) is 76.4 Å². The van der Waals surface area contributed by atoms with Gasteiger partial charge in [-0.15, -0.1) is 0 Å². The summed E-state index contributed by atoms with van der Waals surface area (Å²) in [6, 6.07) is 9.20. The molecule has 0 unspecified atom stereocenters. The van der Waals surface area contributed by atoms with Gasteiger partial charge in [0.05, 0.1) is 4.90 Å². The molecule has 10 nitrogen and oxygen atoms in total. The van der Waals surface area contributed by atoms with E-state index in [-0.39, 0.29) is 30.1 Å². The van der Waals surface area contributed by atoms with Crippen molar-refractivity contribution in [1.82, 2.24) is 14.9 Å². The Morgan fingerprint density at radius 1 is 1.24 bits per heavy atom. The summed E-state index contributed by atoms with van der Waals surface area (Å²) < 4.78 is 29.5. The van der Waals surface area contributed by atoms with Crippen molar-refractivity contribution in [1.29, 1.82) is 5.41 Å². The minimum absolute atomic E-state index is 0.0365. The van der Waals surface area contributed by atoms with Crippen molar-refractivity contribution in [2.75, 3.05) is 13.1 Å². The number of carbonyl (C=O) groups excluding carboxylic acids is 1. The summed E-state index contributed by atoms with van der Waals surface area (Å²) >= 11 is 0. The van der Waals surface area contributed by atoms with Crippen LogP contribution in [0.5, 0.6) is 0 Å². The van der Waals surface area contributed by atoms with E-state index in [0.29, 0.717) is 17.7 Å². The summed E-state index contributed by atoms with van der Waals surface area (Å²) in [7, 11) is -4.13. The van der Waals surface area contributed by atoms with Gasteiger partial charge in [0.1, 0.15) is 17.9 Å². The second-order valence-electron chi connectivity index (χ2n) is 9.45. The van der Waals surface area contributed by atoms with Crippen LogP contribution in [0.4, 0.5) is 0 Å². The molecule has 37 heavy (non-hydrogen) atoms. The normalized spacial score (nSPS) is 18.5. The van der Waals surface area contributed by atoms with E-state index in [4.69, 9.17) is 11.1 Å². The molecule has 196 valence electrons. The zero-order chi connectivity index (χ0) is 26.7. The first-order chi connectivity index (χ1) is 17.5. The van der Waals surface area contributed by atoms with Crippen LogP contribution in [0, 0.1) is 5.41 Å². The number of hydrogen-bond donors (Lipinski definition) is 5. The molecule has 0 spiro atoms. The smallest absolute Gasteiger partial charge is 0.326 e. The van der Waals surface area contributed by atoms with Crippen molar-refractivity contribution in [3.8, 4) is 0 Å². The van der Waals surface area contributed by atoms with E-state index >= 15 is 0 Å². The monoisotopic (exact) mass is 525 g/mol. The molecular weight excluding hydrogens is 494 g/mol. The van der Waals surface area contributed by atoms with E-state index in [1.165, 1.54) is 11.0 Å². The van der Waals surface area contributed by atoms with Crippen LogP contribution in [0.15, 0.2) is 59.0 Å². The average molecular weight is 526 g/mol. The van der Waals surface area contributed by atoms with Gasteiger partial charge < -0.3 is 21.1 Å². The third-order valence-corrected chi connectivity index (χ3v) is 8.21. The fraction of sp³-hybridized carbons (Fsp3) is 0.346. The van der Waals surface area contributed by atoms with E-state index in [2.05, 4.69) is 10.0 Å². The highest BCUT2D eigenvalue weighted by atomic mass is 32.2. The lowest BCUT2D eigenvalue weighted by Gasteiger charge is -2.34. The first-order valence-electron chi connectivity index (χ1n) is 12.0. The van der Waals surface area contributed by atoms with Crippen LogP contribution in [-0.4, -0.2) is 61.3 Å². The zero-order valence-electron chi connectivity index (χ0n) is 20.5. The van der Waals surface area contributed by atoms with Crippen LogP contribution in [0.2, 0.25) is 0 Å². The quantitative estimate of drug-likeness (QED) is 0.196. The predicted octanol–water partition coefficient (Wildman–Crippen LogP) is 1.14. The summed E-state index contributed by atoms with van der Waals surface area (Å²) in [5.41, 5.74) is 9.44. The summed E-state index contributed by atoms with van der Waals surface area (Å²) in [6.07, 6.45) is 2.69. The summed E-state index contributed by atoms with van der Waals surface area (Å²) in [6.45, 7) is 3.24. The predicted molar refractivity (Wildman–Crippen MR) is 139 cm³/mol. The number of nitrogens with two attached hydrogens (primary N) is 1. The molecule has 0 bridgehead atoms. The number of benzene rings is 2. The maximum atomic E-state index is 13.7. The lowest BCUT2D eigenvalue weighted by molar-refractivity contribution is -0.150. The highest BCUT2D eigenvalue weighted by Crippen LogP contribution is 2.23. The van der Waals surface area contributed by atoms with Crippen LogP contribution in [0.1, 0.15) is 35.6 Å². The fourth-order valence-electron chi connectivity index (χ4n) is 4.70. The van der Waals surface area contributed by atoms with Gasteiger partial charge in [0, 0.05) is 18.7 Å². The molecule has 2 heterocycles. The van der Waals surface area contributed by atoms with Gasteiger partial charge in [-0.1, -0.05) is 35.9 Å². The average Bonchev–Trinajstić information content (AvgIpc) is 2.87. The van der Waals surface area contributed by atoms with E-state index in [0.717, 1.165) is 29.7 Å². The van der Waals surface area contributed by atoms with Crippen molar-refractivity contribution in [2.45, 2.75) is 49.7 Å². The molecule has 2 aliphatic heterocycles. The molecule has 2 atom stereocenters. The maximum Gasteiger partial charge on any atom is 0.326 e. The fourth-order valence-corrected chi connectivity index (χ4v) is 5.94. The number of amidine groups is 1. The number of hydrogen-bond acceptors (Lipinski definition) is 6. The summed E-state index contributed by atoms with van der Waals surface area (Å²) in [4.78, 5) is 26.9. The van der Waals surface area contributed by atoms with Gasteiger partial charge in [0.15, 0.2) is 0 Å². The van der Waals surface area contributed by atoms with Gasteiger partial charge in [-0.05, 0) is 67.6 Å².